The van der Waals surface area contributed by atoms with Crippen molar-refractivity contribution in [2.45, 2.75) is 6.92 Å². The SMILES string of the molecule is Cc1ccccc1C(=O)/C(C#N)=C/c1c(F)cccc1Cl. The summed E-state index contributed by atoms with van der Waals surface area (Å²) in [6.07, 6.45) is 1.19. The van der Waals surface area contributed by atoms with Gasteiger partial charge in [-0.05, 0) is 30.7 Å². The first-order valence-corrected chi connectivity index (χ1v) is 6.58. The van der Waals surface area contributed by atoms with Gasteiger partial charge in [-0.15, -0.1) is 0 Å². The largest absolute Gasteiger partial charge is 0.288 e. The summed E-state index contributed by atoms with van der Waals surface area (Å²) in [5.74, 6) is -1.03. The van der Waals surface area contributed by atoms with Gasteiger partial charge in [0.1, 0.15) is 17.5 Å². The maximum Gasteiger partial charge on any atom is 0.203 e. The van der Waals surface area contributed by atoms with Crippen LogP contribution in [0.1, 0.15) is 21.5 Å². The fourth-order valence-electron chi connectivity index (χ4n) is 1.91. The average Bonchev–Trinajstić information content (AvgIpc) is 2.47. The van der Waals surface area contributed by atoms with Gasteiger partial charge in [0.05, 0.1) is 5.02 Å². The van der Waals surface area contributed by atoms with Crippen molar-refractivity contribution in [2.75, 3.05) is 0 Å². The molecule has 4 heteroatoms. The summed E-state index contributed by atoms with van der Waals surface area (Å²) in [6, 6.07) is 12.9. The molecular formula is C17H11ClFNO. The van der Waals surface area contributed by atoms with Crippen molar-refractivity contribution >= 4 is 23.5 Å². The standard InChI is InChI=1S/C17H11ClFNO/c1-11-5-2-3-6-13(11)17(21)12(10-20)9-14-15(18)7-4-8-16(14)19/h2-9H,1H3/b12-9+. The molecule has 0 spiro atoms. The molecule has 0 aliphatic heterocycles. The topological polar surface area (TPSA) is 40.9 Å². The van der Waals surface area contributed by atoms with Gasteiger partial charge in [0, 0.05) is 11.1 Å². The van der Waals surface area contributed by atoms with E-state index in [4.69, 9.17) is 11.6 Å². The van der Waals surface area contributed by atoms with Gasteiger partial charge in [-0.25, -0.2) is 4.39 Å². The molecule has 0 fully saturated rings. The van der Waals surface area contributed by atoms with Crippen molar-refractivity contribution in [1.82, 2.24) is 0 Å². The Balaban J connectivity index is 2.51. The summed E-state index contributed by atoms with van der Waals surface area (Å²) in [4.78, 5) is 12.4. The molecule has 21 heavy (non-hydrogen) atoms. The van der Waals surface area contributed by atoms with Gasteiger partial charge in [0.25, 0.3) is 0 Å². The molecule has 2 aromatic carbocycles. The van der Waals surface area contributed by atoms with Gasteiger partial charge >= 0.3 is 0 Å². The smallest absolute Gasteiger partial charge is 0.203 e. The Morgan fingerprint density at radius 3 is 2.57 bits per heavy atom. The molecule has 0 radical (unpaired) electrons. The Morgan fingerprint density at radius 1 is 1.24 bits per heavy atom. The molecule has 0 amide bonds. The average molecular weight is 300 g/mol. The van der Waals surface area contributed by atoms with Gasteiger partial charge in [0.2, 0.25) is 5.78 Å². The van der Waals surface area contributed by atoms with E-state index in [-0.39, 0.29) is 16.2 Å². The van der Waals surface area contributed by atoms with E-state index < -0.39 is 11.6 Å². The van der Waals surface area contributed by atoms with Crippen LogP contribution in [-0.2, 0) is 0 Å². The molecule has 0 saturated heterocycles. The fourth-order valence-corrected chi connectivity index (χ4v) is 2.13. The highest BCUT2D eigenvalue weighted by Gasteiger charge is 2.15. The fraction of sp³-hybridized carbons (Fsp3) is 0.0588. The van der Waals surface area contributed by atoms with E-state index in [1.165, 1.54) is 24.3 Å². The zero-order valence-corrected chi connectivity index (χ0v) is 12.0. The molecule has 0 bridgehead atoms. The van der Waals surface area contributed by atoms with Gasteiger partial charge < -0.3 is 0 Å². The number of carbonyl (C=O) groups excluding carboxylic acids is 1. The number of Topliss-reactive ketones (excluding diaryl/α,β-unsaturated/α-hetero) is 1. The van der Waals surface area contributed by atoms with Crippen LogP contribution in [0.4, 0.5) is 4.39 Å². The van der Waals surface area contributed by atoms with Gasteiger partial charge in [-0.1, -0.05) is 41.9 Å². The second kappa shape index (κ2) is 6.34. The molecule has 0 aromatic heterocycles. The van der Waals surface area contributed by atoms with Crippen LogP contribution in [-0.4, -0.2) is 5.78 Å². The van der Waals surface area contributed by atoms with E-state index in [1.807, 2.05) is 6.07 Å². The summed E-state index contributed by atoms with van der Waals surface area (Å²) in [5.41, 5.74) is 1.05. The minimum atomic E-state index is -0.576. The van der Waals surface area contributed by atoms with Gasteiger partial charge in [-0.3, -0.25) is 4.79 Å². The van der Waals surface area contributed by atoms with Crippen LogP contribution in [0.25, 0.3) is 6.08 Å². The molecule has 104 valence electrons. The Kier molecular flexibility index (Phi) is 4.52. The second-order valence-electron chi connectivity index (χ2n) is 4.45. The summed E-state index contributed by atoms with van der Waals surface area (Å²) < 4.78 is 13.7. The first-order chi connectivity index (χ1) is 10.0. The highest BCUT2D eigenvalue weighted by Crippen LogP contribution is 2.23. The summed E-state index contributed by atoms with van der Waals surface area (Å²) in [5, 5.41) is 9.34. The number of nitrogens with zero attached hydrogens (tertiary/aromatic N) is 1. The second-order valence-corrected chi connectivity index (χ2v) is 4.86. The van der Waals surface area contributed by atoms with Crippen molar-refractivity contribution in [3.8, 4) is 6.07 Å². The van der Waals surface area contributed by atoms with E-state index in [1.54, 1.807) is 31.2 Å². The number of aryl methyl sites for hydroxylation is 1. The van der Waals surface area contributed by atoms with Crippen molar-refractivity contribution in [3.05, 3.63) is 75.6 Å². The van der Waals surface area contributed by atoms with Crippen LogP contribution in [0, 0.1) is 24.1 Å². The molecule has 0 aliphatic rings. The van der Waals surface area contributed by atoms with Gasteiger partial charge in [0.15, 0.2) is 0 Å². The Hall–Kier alpha value is -2.44. The number of nitriles is 1. The molecule has 2 rings (SSSR count). The first-order valence-electron chi connectivity index (χ1n) is 6.20. The maximum atomic E-state index is 13.7. The molecule has 0 N–H and O–H groups in total. The van der Waals surface area contributed by atoms with Crippen molar-refractivity contribution in [3.63, 3.8) is 0 Å². The first kappa shape index (κ1) is 15.0. The minimum Gasteiger partial charge on any atom is -0.288 e. The zero-order valence-electron chi connectivity index (χ0n) is 11.2. The minimum absolute atomic E-state index is 0.0395. The molecule has 0 aliphatic carbocycles. The third-order valence-electron chi connectivity index (χ3n) is 3.04. The molecule has 2 aromatic rings. The van der Waals surface area contributed by atoms with Crippen LogP contribution in [0.15, 0.2) is 48.0 Å². The van der Waals surface area contributed by atoms with E-state index >= 15 is 0 Å². The number of halogens is 2. The zero-order chi connectivity index (χ0) is 15.4. The predicted molar refractivity (Wildman–Crippen MR) is 80.5 cm³/mol. The van der Waals surface area contributed by atoms with Crippen LogP contribution in [0.3, 0.4) is 0 Å². The number of ketones is 1. The van der Waals surface area contributed by atoms with E-state index in [2.05, 4.69) is 0 Å². The number of hydrogen-bond acceptors (Lipinski definition) is 2. The lowest BCUT2D eigenvalue weighted by Gasteiger charge is -2.05. The molecule has 0 unspecified atom stereocenters. The number of carbonyl (C=O) groups is 1. The van der Waals surface area contributed by atoms with E-state index in [0.717, 1.165) is 5.56 Å². The Morgan fingerprint density at radius 2 is 1.95 bits per heavy atom. The van der Waals surface area contributed by atoms with Crippen LogP contribution in [0.2, 0.25) is 5.02 Å². The molecular weight excluding hydrogens is 289 g/mol. The number of hydrogen-bond donors (Lipinski definition) is 0. The van der Waals surface area contributed by atoms with Crippen LogP contribution in [0.5, 0.6) is 0 Å². The number of benzene rings is 2. The third-order valence-corrected chi connectivity index (χ3v) is 3.37. The Labute approximate surface area is 127 Å². The molecule has 0 atom stereocenters. The molecule has 0 heterocycles. The number of allylic oxidation sites excluding steroid dienone is 1. The van der Waals surface area contributed by atoms with Crippen molar-refractivity contribution < 1.29 is 9.18 Å². The Bertz CT molecular complexity index is 754. The van der Waals surface area contributed by atoms with E-state index in [0.29, 0.717) is 5.56 Å². The molecule has 2 nitrogen and oxygen atoms in total. The highest BCUT2D eigenvalue weighted by molar-refractivity contribution is 6.32. The highest BCUT2D eigenvalue weighted by atomic mass is 35.5. The van der Waals surface area contributed by atoms with Crippen molar-refractivity contribution in [1.29, 1.82) is 5.26 Å². The van der Waals surface area contributed by atoms with Crippen LogP contribution < -0.4 is 0 Å². The maximum absolute atomic E-state index is 13.7. The lowest BCUT2D eigenvalue weighted by molar-refractivity contribution is 0.103. The third kappa shape index (κ3) is 3.18. The quantitative estimate of drug-likeness (QED) is 0.473. The van der Waals surface area contributed by atoms with Crippen molar-refractivity contribution in [2.24, 2.45) is 0 Å². The summed E-state index contributed by atoms with van der Waals surface area (Å²) >= 11 is 5.91. The van der Waals surface area contributed by atoms with E-state index in [9.17, 15) is 14.4 Å². The lowest BCUT2D eigenvalue weighted by atomic mass is 9.98. The van der Waals surface area contributed by atoms with Gasteiger partial charge in [-0.2, -0.15) is 5.26 Å². The summed E-state index contributed by atoms with van der Waals surface area (Å²) in [7, 11) is 0. The lowest BCUT2D eigenvalue weighted by Crippen LogP contribution is -2.04. The monoisotopic (exact) mass is 299 g/mol. The predicted octanol–water partition coefficient (Wildman–Crippen LogP) is 4.58. The number of rotatable bonds is 3. The normalized spacial score (nSPS) is 11.0. The van der Waals surface area contributed by atoms with Crippen LogP contribution >= 0.6 is 11.6 Å². The summed E-state index contributed by atoms with van der Waals surface area (Å²) in [6.45, 7) is 1.78. The molecule has 0 saturated carbocycles.